The Morgan fingerprint density at radius 3 is 1.93 bits per heavy atom. The average molecular weight is 731 g/mol. The van der Waals surface area contributed by atoms with Crippen molar-refractivity contribution in [2.45, 2.75) is 0 Å². The molecule has 0 atom stereocenters. The largest absolute Gasteiger partial charge is 0.456 e. The van der Waals surface area contributed by atoms with Crippen LogP contribution in [-0.4, -0.2) is 9.13 Å². The first kappa shape index (κ1) is 30.8. The summed E-state index contributed by atoms with van der Waals surface area (Å²) in [5.74, 6) is 0. The van der Waals surface area contributed by atoms with Crippen LogP contribution in [0.3, 0.4) is 0 Å². The highest BCUT2D eigenvalue weighted by molar-refractivity contribution is 7.26. The smallest absolute Gasteiger partial charge is 0.137 e. The zero-order valence-corrected chi connectivity index (χ0v) is 30.4. The third kappa shape index (κ3) is 4.11. The minimum Gasteiger partial charge on any atom is -0.456 e. The van der Waals surface area contributed by atoms with Crippen LogP contribution in [0.25, 0.3) is 108 Å². The minimum absolute atomic E-state index is 0.326. The molecule has 4 aromatic heterocycles. The zero-order chi connectivity index (χ0) is 37.1. The van der Waals surface area contributed by atoms with Crippen molar-refractivity contribution in [2.24, 2.45) is 0 Å². The molecule has 0 aliphatic carbocycles. The molecule has 0 aliphatic rings. The van der Waals surface area contributed by atoms with E-state index in [0.29, 0.717) is 11.1 Å². The Labute approximate surface area is 323 Å². The lowest BCUT2D eigenvalue weighted by atomic mass is 9.96. The van der Waals surface area contributed by atoms with Gasteiger partial charge in [-0.1, -0.05) is 97.1 Å². The molecule has 6 heteroatoms. The van der Waals surface area contributed by atoms with Crippen LogP contribution >= 0.6 is 11.3 Å². The molecule has 0 unspecified atom stereocenters. The summed E-state index contributed by atoms with van der Waals surface area (Å²) in [4.78, 5) is 0. The maximum atomic E-state index is 10.4. The van der Waals surface area contributed by atoms with Crippen molar-refractivity contribution in [3.63, 3.8) is 0 Å². The predicted octanol–water partition coefficient (Wildman–Crippen LogP) is 13.6. The summed E-state index contributed by atoms with van der Waals surface area (Å²) in [7, 11) is 0. The van der Waals surface area contributed by atoms with Crippen molar-refractivity contribution >= 4 is 97.1 Å². The van der Waals surface area contributed by atoms with Gasteiger partial charge >= 0.3 is 0 Å². The lowest BCUT2D eigenvalue weighted by Crippen LogP contribution is -2.01. The molecule has 0 radical (unpaired) electrons. The number of fused-ring (bicyclic) bond motifs is 14. The van der Waals surface area contributed by atoms with E-state index < -0.39 is 0 Å². The number of hydrogen-bond donors (Lipinski definition) is 0. The lowest BCUT2D eigenvalue weighted by Gasteiger charge is -2.17. The molecule has 12 aromatic rings. The number of furan rings is 1. The molecule has 0 aliphatic heterocycles. The van der Waals surface area contributed by atoms with Gasteiger partial charge in [0.25, 0.3) is 0 Å². The van der Waals surface area contributed by atoms with Crippen LogP contribution in [-0.2, 0) is 0 Å². The molecular formula is C50H26N4OS. The molecule has 0 bridgehead atoms. The number of hydrogen-bond acceptors (Lipinski definition) is 4. The van der Waals surface area contributed by atoms with E-state index in [1.165, 1.54) is 36.5 Å². The number of thiophene rings is 1. The lowest BCUT2D eigenvalue weighted by molar-refractivity contribution is 0.669. The van der Waals surface area contributed by atoms with Crippen molar-refractivity contribution in [1.29, 1.82) is 10.5 Å². The van der Waals surface area contributed by atoms with Crippen molar-refractivity contribution in [2.75, 3.05) is 0 Å². The van der Waals surface area contributed by atoms with Gasteiger partial charge in [-0.3, -0.25) is 0 Å². The number of rotatable bonds is 3. The summed E-state index contributed by atoms with van der Waals surface area (Å²) >= 11 is 1.83. The van der Waals surface area contributed by atoms with Crippen LogP contribution in [0.15, 0.2) is 162 Å². The Hall–Kier alpha value is -7.64. The third-order valence-corrected chi connectivity index (χ3v) is 12.6. The molecule has 0 spiro atoms. The van der Waals surface area contributed by atoms with Gasteiger partial charge in [-0.05, 0) is 66.2 Å². The first-order valence-corrected chi connectivity index (χ1v) is 19.3. The van der Waals surface area contributed by atoms with E-state index >= 15 is 0 Å². The standard InChI is InChI=1S/C50H26N4OS/c51-27-30-25-40(43(26-31(30)28-52)54-42-17-6-2-12-33(42)36-22-23-45-47(48(36)54)39-15-3-7-18-44(39)55-45)29-10-9-11-32(24-29)53-41-16-5-1-13-34(41)37-20-21-38-35-14-4-8-19-46(35)56-50(38)49(37)53/h1-26H. The Bertz CT molecular complexity index is 3750. The molecule has 4 heterocycles. The first-order valence-electron chi connectivity index (χ1n) is 18.5. The van der Waals surface area contributed by atoms with Gasteiger partial charge < -0.3 is 13.6 Å². The second-order valence-electron chi connectivity index (χ2n) is 14.3. The molecule has 0 saturated carbocycles. The van der Waals surface area contributed by atoms with Crippen LogP contribution in [0, 0.1) is 22.7 Å². The highest BCUT2D eigenvalue weighted by atomic mass is 32.1. The molecule has 258 valence electrons. The molecule has 0 amide bonds. The summed E-state index contributed by atoms with van der Waals surface area (Å²) in [5, 5.41) is 29.9. The number of aromatic nitrogens is 2. The van der Waals surface area contributed by atoms with Crippen LogP contribution in [0.2, 0.25) is 0 Å². The second kappa shape index (κ2) is 11.4. The van der Waals surface area contributed by atoms with Gasteiger partial charge in [0.05, 0.1) is 49.0 Å². The monoisotopic (exact) mass is 730 g/mol. The summed E-state index contributed by atoms with van der Waals surface area (Å²) in [6.45, 7) is 0. The maximum absolute atomic E-state index is 10.4. The van der Waals surface area contributed by atoms with Gasteiger partial charge in [0.2, 0.25) is 0 Å². The van der Waals surface area contributed by atoms with E-state index in [1.54, 1.807) is 0 Å². The van der Waals surface area contributed by atoms with E-state index in [-0.39, 0.29) is 0 Å². The fourth-order valence-corrected chi connectivity index (χ4v) is 10.3. The normalized spacial score (nSPS) is 11.9. The van der Waals surface area contributed by atoms with Gasteiger partial charge in [0, 0.05) is 53.7 Å². The van der Waals surface area contributed by atoms with Crippen molar-refractivity contribution in [1.82, 2.24) is 9.13 Å². The van der Waals surface area contributed by atoms with Crippen molar-refractivity contribution in [3.8, 4) is 34.6 Å². The summed E-state index contributed by atoms with van der Waals surface area (Å²) in [5.41, 5.74) is 10.2. The van der Waals surface area contributed by atoms with E-state index in [9.17, 15) is 10.5 Å². The summed E-state index contributed by atoms with van der Waals surface area (Å²) in [6.07, 6.45) is 0. The second-order valence-corrected chi connectivity index (χ2v) is 15.3. The fraction of sp³-hybridized carbons (Fsp3) is 0. The highest BCUT2D eigenvalue weighted by Gasteiger charge is 2.23. The Morgan fingerprint density at radius 1 is 0.482 bits per heavy atom. The Kier molecular flexibility index (Phi) is 6.28. The van der Waals surface area contributed by atoms with Crippen LogP contribution in [0.5, 0.6) is 0 Å². The van der Waals surface area contributed by atoms with Gasteiger partial charge in [-0.15, -0.1) is 11.3 Å². The quantitative estimate of drug-likeness (QED) is 0.182. The minimum atomic E-state index is 0.326. The number of benzene rings is 8. The molecule has 56 heavy (non-hydrogen) atoms. The van der Waals surface area contributed by atoms with Crippen LogP contribution in [0.4, 0.5) is 0 Å². The first-order chi connectivity index (χ1) is 27.7. The molecule has 0 N–H and O–H groups in total. The molecule has 0 fully saturated rings. The molecule has 5 nitrogen and oxygen atoms in total. The van der Waals surface area contributed by atoms with Crippen LogP contribution < -0.4 is 0 Å². The molecular weight excluding hydrogens is 705 g/mol. The Balaban J connectivity index is 1.19. The Morgan fingerprint density at radius 2 is 1.12 bits per heavy atom. The third-order valence-electron chi connectivity index (χ3n) is 11.4. The van der Waals surface area contributed by atoms with Gasteiger partial charge in [-0.25, -0.2) is 0 Å². The number of nitrogens with zero attached hydrogens (tertiary/aromatic N) is 4. The van der Waals surface area contributed by atoms with E-state index in [4.69, 9.17) is 4.42 Å². The van der Waals surface area contributed by atoms with Gasteiger partial charge in [0.1, 0.15) is 23.3 Å². The molecule has 0 saturated heterocycles. The number of para-hydroxylation sites is 3. The SMILES string of the molecule is N#Cc1cc(-c2cccc(-n3c4ccccc4c4ccc5c6ccccc6sc5c43)c2)c(-n2c3ccccc3c3ccc4oc5ccccc5c4c32)cc1C#N. The predicted molar refractivity (Wildman–Crippen MR) is 230 cm³/mol. The summed E-state index contributed by atoms with van der Waals surface area (Å²) in [6, 6.07) is 59.5. The van der Waals surface area contributed by atoms with Gasteiger partial charge in [0.15, 0.2) is 0 Å². The molecule has 12 rings (SSSR count). The van der Waals surface area contributed by atoms with E-state index in [1.807, 2.05) is 41.7 Å². The van der Waals surface area contributed by atoms with Crippen molar-refractivity contribution < 1.29 is 4.42 Å². The van der Waals surface area contributed by atoms with Crippen molar-refractivity contribution in [3.05, 3.63) is 169 Å². The highest BCUT2D eigenvalue weighted by Crippen LogP contribution is 2.45. The van der Waals surface area contributed by atoms with Crippen LogP contribution in [0.1, 0.15) is 11.1 Å². The maximum Gasteiger partial charge on any atom is 0.137 e. The molecule has 8 aromatic carbocycles. The summed E-state index contributed by atoms with van der Waals surface area (Å²) < 4.78 is 13.6. The zero-order valence-electron chi connectivity index (χ0n) is 29.6. The average Bonchev–Trinajstić information content (AvgIpc) is 4.01. The fourth-order valence-electron chi connectivity index (χ4n) is 9.02. The number of nitriles is 2. The van der Waals surface area contributed by atoms with E-state index in [0.717, 1.165) is 71.8 Å². The topological polar surface area (TPSA) is 70.6 Å². The van der Waals surface area contributed by atoms with E-state index in [2.05, 4.69) is 149 Å². The van der Waals surface area contributed by atoms with Gasteiger partial charge in [-0.2, -0.15) is 10.5 Å².